The molecule has 0 aromatic carbocycles. The first-order valence-electron chi connectivity index (χ1n) is 5.53. The predicted molar refractivity (Wildman–Crippen MR) is 72.1 cm³/mol. The van der Waals surface area contributed by atoms with E-state index in [0.29, 0.717) is 10.3 Å². The second-order valence-electron chi connectivity index (χ2n) is 4.40. The van der Waals surface area contributed by atoms with E-state index in [0.717, 1.165) is 11.4 Å². The zero-order valence-corrected chi connectivity index (χ0v) is 11.8. The third kappa shape index (κ3) is 3.40. The van der Waals surface area contributed by atoms with Crippen molar-refractivity contribution in [2.24, 2.45) is 5.73 Å². The molecule has 16 heavy (non-hydrogen) atoms. The molecule has 0 spiro atoms. The first-order valence-corrected chi connectivity index (χ1v) is 6.96. The smallest absolute Gasteiger partial charge is 0.0834 e. The van der Waals surface area contributed by atoms with Crippen LogP contribution >= 0.6 is 23.4 Å². The summed E-state index contributed by atoms with van der Waals surface area (Å²) in [5.74, 6) is 0.871. The largest absolute Gasteiger partial charge is 0.322 e. The van der Waals surface area contributed by atoms with Crippen LogP contribution in [-0.2, 0) is 0 Å². The molecule has 92 valence electrons. The third-order valence-corrected chi connectivity index (χ3v) is 3.75. The Morgan fingerprint density at radius 2 is 2.06 bits per heavy atom. The Morgan fingerprint density at radius 3 is 2.56 bits per heavy atom. The quantitative estimate of drug-likeness (QED) is 0.885. The van der Waals surface area contributed by atoms with E-state index in [4.69, 9.17) is 17.3 Å². The minimum atomic E-state index is -0.0511. The van der Waals surface area contributed by atoms with Gasteiger partial charge < -0.3 is 5.73 Å². The van der Waals surface area contributed by atoms with E-state index in [1.807, 2.05) is 16.4 Å². The molecule has 0 fully saturated rings. The third-order valence-electron chi connectivity index (χ3n) is 2.24. The first kappa shape index (κ1) is 13.9. The second kappa shape index (κ2) is 5.94. The zero-order valence-electron chi connectivity index (χ0n) is 10.3. The Kier molecular flexibility index (Phi) is 5.15. The molecule has 0 saturated heterocycles. The molecule has 2 N–H and O–H groups in total. The van der Waals surface area contributed by atoms with Crippen molar-refractivity contribution in [2.45, 2.75) is 45.0 Å². The monoisotopic (exact) mass is 261 g/mol. The van der Waals surface area contributed by atoms with Gasteiger partial charge in [0, 0.05) is 11.8 Å². The lowest BCUT2D eigenvalue weighted by Gasteiger charge is -2.17. The van der Waals surface area contributed by atoms with E-state index < -0.39 is 0 Å². The van der Waals surface area contributed by atoms with E-state index in [2.05, 4.69) is 32.8 Å². The highest BCUT2D eigenvalue weighted by molar-refractivity contribution is 7.99. The van der Waals surface area contributed by atoms with E-state index >= 15 is 0 Å². The average Bonchev–Trinajstić information content (AvgIpc) is 2.56. The second-order valence-corrected chi connectivity index (χ2v) is 6.42. The van der Waals surface area contributed by atoms with E-state index in [9.17, 15) is 0 Å². The Balaban J connectivity index is 2.81. The molecule has 0 aliphatic rings. The Bertz CT molecular complexity index is 336. The lowest BCUT2D eigenvalue weighted by molar-refractivity contribution is 0.495. The summed E-state index contributed by atoms with van der Waals surface area (Å²) < 4.78 is 1.91. The summed E-state index contributed by atoms with van der Waals surface area (Å²) in [6, 6.07) is 0.238. The molecule has 5 heteroatoms. The first-order chi connectivity index (χ1) is 7.43. The fraction of sp³-hybridized carbons (Fsp3) is 0.727. The standard InChI is InChI=1S/C11H20ClN3S/c1-7(2)15-11(9(12)5-14-15)10(13)6-16-8(3)4/h5,7-8,10H,6,13H2,1-4H3. The molecular weight excluding hydrogens is 242 g/mol. The van der Waals surface area contributed by atoms with Gasteiger partial charge in [-0.15, -0.1) is 0 Å². The molecule has 1 unspecified atom stereocenters. The van der Waals surface area contributed by atoms with Gasteiger partial charge in [0.2, 0.25) is 0 Å². The lowest BCUT2D eigenvalue weighted by Crippen LogP contribution is -2.20. The zero-order chi connectivity index (χ0) is 12.3. The van der Waals surface area contributed by atoms with Crippen LogP contribution in [0.3, 0.4) is 0 Å². The van der Waals surface area contributed by atoms with Gasteiger partial charge in [-0.05, 0) is 19.1 Å². The summed E-state index contributed by atoms with van der Waals surface area (Å²) in [6.07, 6.45) is 1.68. The molecule has 1 heterocycles. The summed E-state index contributed by atoms with van der Waals surface area (Å²) in [5.41, 5.74) is 7.11. The maximum Gasteiger partial charge on any atom is 0.0834 e. The molecule has 0 aliphatic heterocycles. The van der Waals surface area contributed by atoms with Crippen LogP contribution in [0.5, 0.6) is 0 Å². The van der Waals surface area contributed by atoms with Crippen molar-refractivity contribution in [3.05, 3.63) is 16.9 Å². The van der Waals surface area contributed by atoms with Crippen LogP contribution < -0.4 is 5.73 Å². The minimum Gasteiger partial charge on any atom is -0.322 e. The number of nitrogens with two attached hydrogens (primary N) is 1. The molecule has 0 bridgehead atoms. The minimum absolute atomic E-state index is 0.0511. The fourth-order valence-electron chi connectivity index (χ4n) is 1.48. The average molecular weight is 262 g/mol. The van der Waals surface area contributed by atoms with Crippen molar-refractivity contribution < 1.29 is 0 Å². The molecule has 0 saturated carbocycles. The maximum absolute atomic E-state index is 6.16. The van der Waals surface area contributed by atoms with Crippen LogP contribution in [0.2, 0.25) is 5.02 Å². The SMILES string of the molecule is CC(C)SCC(N)c1c(Cl)cnn1C(C)C. The maximum atomic E-state index is 6.16. The summed E-state index contributed by atoms with van der Waals surface area (Å²) in [7, 11) is 0. The van der Waals surface area contributed by atoms with Gasteiger partial charge in [-0.2, -0.15) is 16.9 Å². The molecular formula is C11H20ClN3S. The molecule has 1 rings (SSSR count). The van der Waals surface area contributed by atoms with E-state index in [-0.39, 0.29) is 12.1 Å². The summed E-state index contributed by atoms with van der Waals surface area (Å²) in [4.78, 5) is 0. The lowest BCUT2D eigenvalue weighted by atomic mass is 10.2. The van der Waals surface area contributed by atoms with Crippen molar-refractivity contribution >= 4 is 23.4 Å². The molecule has 1 atom stereocenters. The number of hydrogen-bond acceptors (Lipinski definition) is 3. The summed E-state index contributed by atoms with van der Waals surface area (Å²) >= 11 is 7.97. The van der Waals surface area contributed by atoms with Gasteiger partial charge in [0.1, 0.15) is 0 Å². The number of thioether (sulfide) groups is 1. The van der Waals surface area contributed by atoms with Gasteiger partial charge in [0.25, 0.3) is 0 Å². The topological polar surface area (TPSA) is 43.8 Å². The van der Waals surface area contributed by atoms with Crippen LogP contribution in [0.1, 0.15) is 45.5 Å². The highest BCUT2D eigenvalue weighted by atomic mass is 35.5. The molecule has 0 aliphatic carbocycles. The van der Waals surface area contributed by atoms with Crippen molar-refractivity contribution in [1.82, 2.24) is 9.78 Å². The Morgan fingerprint density at radius 1 is 1.44 bits per heavy atom. The van der Waals surface area contributed by atoms with Crippen molar-refractivity contribution in [3.8, 4) is 0 Å². The van der Waals surface area contributed by atoms with Gasteiger partial charge >= 0.3 is 0 Å². The van der Waals surface area contributed by atoms with Crippen LogP contribution in [0, 0.1) is 0 Å². The molecule has 1 aromatic heterocycles. The summed E-state index contributed by atoms with van der Waals surface area (Å²) in [5, 5.41) is 5.51. The normalized spacial score (nSPS) is 13.8. The molecule has 1 aromatic rings. The van der Waals surface area contributed by atoms with Gasteiger partial charge in [-0.3, -0.25) is 4.68 Å². The highest BCUT2D eigenvalue weighted by Gasteiger charge is 2.18. The van der Waals surface area contributed by atoms with Crippen LogP contribution in [0.25, 0.3) is 0 Å². The van der Waals surface area contributed by atoms with Crippen LogP contribution in [0.15, 0.2) is 6.20 Å². The van der Waals surface area contributed by atoms with E-state index in [1.54, 1.807) is 6.20 Å². The van der Waals surface area contributed by atoms with Crippen LogP contribution in [-0.4, -0.2) is 20.8 Å². The van der Waals surface area contributed by atoms with Gasteiger partial charge in [-0.25, -0.2) is 0 Å². The number of nitrogens with zero attached hydrogens (tertiary/aromatic N) is 2. The number of aromatic nitrogens is 2. The van der Waals surface area contributed by atoms with Crippen molar-refractivity contribution in [1.29, 1.82) is 0 Å². The Hall–Kier alpha value is -0.190. The molecule has 0 amide bonds. The van der Waals surface area contributed by atoms with Gasteiger partial charge in [-0.1, -0.05) is 25.4 Å². The predicted octanol–water partition coefficient (Wildman–Crippen LogP) is 3.26. The highest BCUT2D eigenvalue weighted by Crippen LogP contribution is 2.27. The fourth-order valence-corrected chi connectivity index (χ4v) is 2.50. The van der Waals surface area contributed by atoms with Crippen molar-refractivity contribution in [2.75, 3.05) is 5.75 Å². The van der Waals surface area contributed by atoms with Crippen LogP contribution in [0.4, 0.5) is 0 Å². The number of rotatable bonds is 5. The summed E-state index contributed by atoms with van der Waals surface area (Å²) in [6.45, 7) is 8.49. The number of halogens is 1. The van der Waals surface area contributed by atoms with Gasteiger partial charge in [0.15, 0.2) is 0 Å². The molecule has 0 radical (unpaired) electrons. The molecule has 3 nitrogen and oxygen atoms in total. The number of hydrogen-bond donors (Lipinski definition) is 1. The van der Waals surface area contributed by atoms with E-state index in [1.165, 1.54) is 0 Å². The Labute approximate surface area is 107 Å². The van der Waals surface area contributed by atoms with Crippen molar-refractivity contribution in [3.63, 3.8) is 0 Å². The van der Waals surface area contributed by atoms with Gasteiger partial charge in [0.05, 0.1) is 23.0 Å².